The van der Waals surface area contributed by atoms with E-state index in [-0.39, 0.29) is 0 Å². The van der Waals surface area contributed by atoms with Crippen molar-refractivity contribution in [1.29, 1.82) is 0 Å². The van der Waals surface area contributed by atoms with Crippen LogP contribution in [0.25, 0.3) is 0 Å². The van der Waals surface area contributed by atoms with Gasteiger partial charge in [0.25, 0.3) is 0 Å². The Hall–Kier alpha value is -0.830. The Balaban J connectivity index is 2.36. The van der Waals surface area contributed by atoms with Gasteiger partial charge in [0, 0.05) is 24.6 Å². The third-order valence-corrected chi connectivity index (χ3v) is 4.30. The Bertz CT molecular complexity index is 441. The first-order chi connectivity index (χ1) is 8.41. The summed E-state index contributed by atoms with van der Waals surface area (Å²) in [5.74, 6) is 3.01. The maximum absolute atomic E-state index is 6.24. The molecule has 1 atom stereocenters. The standard InChI is InChI=1S/C14H22ClN3/c1-8(2)10(4)18(5)14-9(3)12(15)16-13(17-14)11-6-7-11/h8,10-11H,6-7H2,1-5H3. The zero-order valence-electron chi connectivity index (χ0n) is 11.9. The summed E-state index contributed by atoms with van der Waals surface area (Å²) >= 11 is 6.24. The first-order valence-electron chi connectivity index (χ1n) is 6.68. The van der Waals surface area contributed by atoms with Gasteiger partial charge in [0.1, 0.15) is 16.8 Å². The molecule has 0 aromatic carbocycles. The van der Waals surface area contributed by atoms with Gasteiger partial charge in [-0.15, -0.1) is 0 Å². The fraction of sp³-hybridized carbons (Fsp3) is 0.714. The monoisotopic (exact) mass is 267 g/mol. The summed E-state index contributed by atoms with van der Waals surface area (Å²) < 4.78 is 0. The van der Waals surface area contributed by atoms with E-state index in [9.17, 15) is 0 Å². The van der Waals surface area contributed by atoms with E-state index in [0.29, 0.717) is 23.0 Å². The lowest BCUT2D eigenvalue weighted by Gasteiger charge is -2.30. The van der Waals surface area contributed by atoms with Crippen LogP contribution in [0.4, 0.5) is 5.82 Å². The van der Waals surface area contributed by atoms with Crippen LogP contribution >= 0.6 is 11.6 Å². The second-order valence-electron chi connectivity index (χ2n) is 5.69. The van der Waals surface area contributed by atoms with Gasteiger partial charge >= 0.3 is 0 Å². The molecule has 1 aromatic rings. The van der Waals surface area contributed by atoms with Crippen LogP contribution < -0.4 is 4.90 Å². The van der Waals surface area contributed by atoms with Crippen LogP contribution in [0.1, 0.15) is 50.9 Å². The van der Waals surface area contributed by atoms with Crippen molar-refractivity contribution in [3.8, 4) is 0 Å². The Morgan fingerprint density at radius 1 is 1.22 bits per heavy atom. The maximum atomic E-state index is 6.24. The molecule has 0 radical (unpaired) electrons. The van der Waals surface area contributed by atoms with Crippen molar-refractivity contribution in [3.63, 3.8) is 0 Å². The molecule has 1 heterocycles. The Kier molecular flexibility index (Phi) is 3.81. The number of rotatable bonds is 4. The largest absolute Gasteiger partial charge is 0.356 e. The number of halogens is 1. The smallest absolute Gasteiger partial charge is 0.137 e. The van der Waals surface area contributed by atoms with Gasteiger partial charge in [0.05, 0.1) is 0 Å². The normalized spacial score (nSPS) is 17.1. The topological polar surface area (TPSA) is 29.0 Å². The van der Waals surface area contributed by atoms with E-state index < -0.39 is 0 Å². The first-order valence-corrected chi connectivity index (χ1v) is 7.06. The minimum absolute atomic E-state index is 0.432. The van der Waals surface area contributed by atoms with Crippen molar-refractivity contribution in [2.45, 2.75) is 52.5 Å². The van der Waals surface area contributed by atoms with Gasteiger partial charge in [0.2, 0.25) is 0 Å². The predicted octanol–water partition coefficient (Wildman–Crippen LogP) is 3.80. The van der Waals surface area contributed by atoms with E-state index in [1.54, 1.807) is 0 Å². The number of nitrogens with zero attached hydrogens (tertiary/aromatic N) is 3. The molecule has 1 saturated carbocycles. The van der Waals surface area contributed by atoms with Crippen molar-refractivity contribution >= 4 is 17.4 Å². The molecule has 0 N–H and O–H groups in total. The molecule has 0 amide bonds. The highest BCUT2D eigenvalue weighted by Crippen LogP contribution is 2.40. The third-order valence-electron chi connectivity index (χ3n) is 3.93. The summed E-state index contributed by atoms with van der Waals surface area (Å²) in [4.78, 5) is 11.4. The fourth-order valence-corrected chi connectivity index (χ4v) is 2.17. The average molecular weight is 268 g/mol. The van der Waals surface area contributed by atoms with Crippen LogP contribution in [0.15, 0.2) is 0 Å². The van der Waals surface area contributed by atoms with E-state index in [1.807, 2.05) is 6.92 Å². The summed E-state index contributed by atoms with van der Waals surface area (Å²) in [5, 5.41) is 0.602. The van der Waals surface area contributed by atoms with Gasteiger partial charge in [-0.3, -0.25) is 0 Å². The Labute approximate surface area is 115 Å². The molecule has 0 spiro atoms. The average Bonchev–Trinajstić information content (AvgIpc) is 3.14. The number of hydrogen-bond acceptors (Lipinski definition) is 3. The number of hydrogen-bond donors (Lipinski definition) is 0. The van der Waals surface area contributed by atoms with Crippen molar-refractivity contribution < 1.29 is 0 Å². The second-order valence-corrected chi connectivity index (χ2v) is 6.05. The molecule has 18 heavy (non-hydrogen) atoms. The van der Waals surface area contributed by atoms with Crippen molar-refractivity contribution in [2.75, 3.05) is 11.9 Å². The SMILES string of the molecule is Cc1c(Cl)nc(C2CC2)nc1N(C)C(C)C(C)C. The van der Waals surface area contributed by atoms with E-state index >= 15 is 0 Å². The van der Waals surface area contributed by atoms with Gasteiger partial charge in [-0.25, -0.2) is 9.97 Å². The summed E-state index contributed by atoms with van der Waals surface area (Å²) in [6, 6.07) is 0.432. The fourth-order valence-electron chi connectivity index (χ4n) is 2.00. The van der Waals surface area contributed by atoms with Crippen LogP contribution in [-0.2, 0) is 0 Å². The molecule has 3 nitrogen and oxygen atoms in total. The van der Waals surface area contributed by atoms with Gasteiger partial charge in [0.15, 0.2) is 0 Å². The highest BCUT2D eigenvalue weighted by atomic mass is 35.5. The Morgan fingerprint density at radius 3 is 2.33 bits per heavy atom. The van der Waals surface area contributed by atoms with E-state index in [1.165, 1.54) is 12.8 Å². The second kappa shape index (κ2) is 5.04. The molecule has 1 unspecified atom stereocenters. The summed E-state index contributed by atoms with van der Waals surface area (Å²) in [7, 11) is 2.09. The molecule has 100 valence electrons. The van der Waals surface area contributed by atoms with E-state index in [4.69, 9.17) is 16.6 Å². The predicted molar refractivity (Wildman–Crippen MR) is 76.5 cm³/mol. The molecule has 0 bridgehead atoms. The van der Waals surface area contributed by atoms with Gasteiger partial charge < -0.3 is 4.90 Å². The quantitative estimate of drug-likeness (QED) is 0.777. The first kappa shape index (κ1) is 13.6. The molecule has 0 aliphatic heterocycles. The highest BCUT2D eigenvalue weighted by molar-refractivity contribution is 6.30. The molecule has 1 aliphatic rings. The summed E-state index contributed by atoms with van der Waals surface area (Å²) in [6.45, 7) is 8.66. The lowest BCUT2D eigenvalue weighted by molar-refractivity contribution is 0.501. The summed E-state index contributed by atoms with van der Waals surface area (Å²) in [6.07, 6.45) is 2.39. The van der Waals surface area contributed by atoms with Gasteiger partial charge in [-0.2, -0.15) is 0 Å². The van der Waals surface area contributed by atoms with Crippen molar-refractivity contribution in [1.82, 2.24) is 9.97 Å². The Morgan fingerprint density at radius 2 is 1.83 bits per heavy atom. The van der Waals surface area contributed by atoms with Crippen LogP contribution in [0, 0.1) is 12.8 Å². The van der Waals surface area contributed by atoms with E-state index in [2.05, 4.69) is 37.7 Å². The molecular weight excluding hydrogens is 246 g/mol. The molecule has 1 aromatic heterocycles. The van der Waals surface area contributed by atoms with E-state index in [0.717, 1.165) is 17.2 Å². The maximum Gasteiger partial charge on any atom is 0.137 e. The van der Waals surface area contributed by atoms with Crippen LogP contribution in [0.5, 0.6) is 0 Å². The summed E-state index contributed by atoms with van der Waals surface area (Å²) in [5.41, 5.74) is 0.982. The lowest BCUT2D eigenvalue weighted by Crippen LogP contribution is -2.34. The zero-order chi connectivity index (χ0) is 13.4. The molecule has 0 saturated heterocycles. The van der Waals surface area contributed by atoms with Crippen molar-refractivity contribution in [2.24, 2.45) is 5.92 Å². The van der Waals surface area contributed by atoms with Crippen LogP contribution in [0.2, 0.25) is 5.15 Å². The lowest BCUT2D eigenvalue weighted by atomic mass is 10.0. The van der Waals surface area contributed by atoms with Gasteiger partial charge in [-0.1, -0.05) is 25.4 Å². The minimum Gasteiger partial charge on any atom is -0.356 e. The zero-order valence-corrected chi connectivity index (χ0v) is 12.6. The molecule has 2 rings (SSSR count). The third kappa shape index (κ3) is 2.61. The molecule has 4 heteroatoms. The highest BCUT2D eigenvalue weighted by Gasteiger charge is 2.29. The molecular formula is C14H22ClN3. The van der Waals surface area contributed by atoms with Crippen LogP contribution in [0.3, 0.4) is 0 Å². The van der Waals surface area contributed by atoms with Crippen LogP contribution in [-0.4, -0.2) is 23.1 Å². The molecule has 1 aliphatic carbocycles. The van der Waals surface area contributed by atoms with Crippen molar-refractivity contribution in [3.05, 3.63) is 16.5 Å². The molecule has 1 fully saturated rings. The van der Waals surface area contributed by atoms with Gasteiger partial charge in [-0.05, 0) is 32.6 Å². The number of aromatic nitrogens is 2. The number of anilines is 1. The minimum atomic E-state index is 0.432.